The van der Waals surface area contributed by atoms with Crippen LogP contribution in [0.25, 0.3) is 0 Å². The standard InChI is InChI=1S/C13H23N3O4/c1-2-14-10(17)9-15-12(20)16-13(11(18)19)7-5-3-4-6-8-13/h2-9H2,1H3,(H,14,17)(H,18,19)(H2,15,16,20). The highest BCUT2D eigenvalue weighted by atomic mass is 16.4. The van der Waals surface area contributed by atoms with Crippen LogP contribution in [0.2, 0.25) is 0 Å². The number of carbonyl (C=O) groups is 3. The fraction of sp³-hybridized carbons (Fsp3) is 0.769. The Morgan fingerprint density at radius 2 is 1.65 bits per heavy atom. The molecular weight excluding hydrogens is 262 g/mol. The maximum absolute atomic E-state index is 11.8. The van der Waals surface area contributed by atoms with Gasteiger partial charge in [0.05, 0.1) is 6.54 Å². The van der Waals surface area contributed by atoms with Gasteiger partial charge < -0.3 is 21.1 Å². The van der Waals surface area contributed by atoms with Crippen molar-refractivity contribution in [3.05, 3.63) is 0 Å². The number of likely N-dealkylation sites (N-methyl/N-ethyl adjacent to an activating group) is 1. The van der Waals surface area contributed by atoms with Crippen LogP contribution in [-0.4, -0.2) is 41.6 Å². The van der Waals surface area contributed by atoms with Crippen molar-refractivity contribution in [1.82, 2.24) is 16.0 Å². The summed E-state index contributed by atoms with van der Waals surface area (Å²) in [5, 5.41) is 16.9. The molecule has 0 aromatic heterocycles. The van der Waals surface area contributed by atoms with E-state index in [-0.39, 0.29) is 12.5 Å². The first-order valence-corrected chi connectivity index (χ1v) is 7.06. The van der Waals surface area contributed by atoms with E-state index in [1.54, 1.807) is 6.92 Å². The van der Waals surface area contributed by atoms with E-state index in [9.17, 15) is 19.5 Å². The lowest BCUT2D eigenvalue weighted by Crippen LogP contribution is -2.57. The van der Waals surface area contributed by atoms with E-state index in [1.165, 1.54) is 0 Å². The molecule has 0 saturated heterocycles. The van der Waals surface area contributed by atoms with Crippen molar-refractivity contribution in [2.24, 2.45) is 0 Å². The number of aliphatic carboxylic acids is 1. The number of carbonyl (C=O) groups excluding carboxylic acids is 2. The van der Waals surface area contributed by atoms with Crippen LogP contribution in [0, 0.1) is 0 Å². The molecule has 0 aliphatic heterocycles. The van der Waals surface area contributed by atoms with Gasteiger partial charge in [-0.3, -0.25) is 4.79 Å². The van der Waals surface area contributed by atoms with E-state index in [4.69, 9.17) is 0 Å². The smallest absolute Gasteiger partial charge is 0.329 e. The van der Waals surface area contributed by atoms with E-state index >= 15 is 0 Å². The minimum Gasteiger partial charge on any atom is -0.480 e. The molecule has 4 N–H and O–H groups in total. The summed E-state index contributed by atoms with van der Waals surface area (Å²) in [6.45, 7) is 2.11. The predicted molar refractivity (Wildman–Crippen MR) is 73.3 cm³/mol. The average Bonchev–Trinajstić information content (AvgIpc) is 2.63. The average molecular weight is 285 g/mol. The van der Waals surface area contributed by atoms with Crippen LogP contribution in [0.1, 0.15) is 45.4 Å². The van der Waals surface area contributed by atoms with Crippen molar-refractivity contribution in [3.8, 4) is 0 Å². The monoisotopic (exact) mass is 285 g/mol. The van der Waals surface area contributed by atoms with Crippen LogP contribution in [0.3, 0.4) is 0 Å². The Morgan fingerprint density at radius 1 is 1.05 bits per heavy atom. The van der Waals surface area contributed by atoms with Gasteiger partial charge >= 0.3 is 12.0 Å². The fourth-order valence-electron chi connectivity index (χ4n) is 2.41. The van der Waals surface area contributed by atoms with Gasteiger partial charge in [-0.1, -0.05) is 25.7 Å². The summed E-state index contributed by atoms with van der Waals surface area (Å²) in [5.41, 5.74) is -1.21. The summed E-state index contributed by atoms with van der Waals surface area (Å²) in [6.07, 6.45) is 4.38. The highest BCUT2D eigenvalue weighted by molar-refractivity contribution is 5.88. The van der Waals surface area contributed by atoms with Crippen LogP contribution in [0.5, 0.6) is 0 Å². The molecule has 1 fully saturated rings. The Labute approximate surface area is 118 Å². The molecule has 0 bridgehead atoms. The molecule has 114 valence electrons. The normalized spacial score (nSPS) is 17.6. The number of amides is 3. The molecule has 20 heavy (non-hydrogen) atoms. The Bertz CT molecular complexity index is 363. The number of rotatable bonds is 5. The molecule has 0 aromatic carbocycles. The van der Waals surface area contributed by atoms with E-state index in [2.05, 4.69) is 16.0 Å². The molecular formula is C13H23N3O4. The van der Waals surface area contributed by atoms with E-state index in [1.807, 2.05) is 0 Å². The summed E-state index contributed by atoms with van der Waals surface area (Å²) in [7, 11) is 0. The van der Waals surface area contributed by atoms with Crippen LogP contribution >= 0.6 is 0 Å². The Morgan fingerprint density at radius 3 is 2.15 bits per heavy atom. The van der Waals surface area contributed by atoms with Crippen molar-refractivity contribution >= 4 is 17.9 Å². The zero-order chi connectivity index (χ0) is 15.0. The van der Waals surface area contributed by atoms with Gasteiger partial charge in [-0.2, -0.15) is 0 Å². The Balaban J connectivity index is 2.54. The minimum atomic E-state index is -1.21. The molecule has 0 heterocycles. The quantitative estimate of drug-likeness (QED) is 0.555. The topological polar surface area (TPSA) is 108 Å². The van der Waals surface area contributed by atoms with Gasteiger partial charge in [0.1, 0.15) is 5.54 Å². The second-order valence-electron chi connectivity index (χ2n) is 5.06. The van der Waals surface area contributed by atoms with Gasteiger partial charge in [0.2, 0.25) is 5.91 Å². The number of carboxylic acid groups (broad SMARTS) is 1. The van der Waals surface area contributed by atoms with Crippen LogP contribution in [-0.2, 0) is 9.59 Å². The second-order valence-corrected chi connectivity index (χ2v) is 5.06. The van der Waals surface area contributed by atoms with Crippen molar-refractivity contribution < 1.29 is 19.5 Å². The van der Waals surface area contributed by atoms with Gasteiger partial charge in [0.15, 0.2) is 0 Å². The number of hydrogen-bond donors (Lipinski definition) is 4. The summed E-state index contributed by atoms with van der Waals surface area (Å²) in [4.78, 5) is 34.5. The number of hydrogen-bond acceptors (Lipinski definition) is 3. The lowest BCUT2D eigenvalue weighted by Gasteiger charge is -2.29. The molecule has 1 saturated carbocycles. The SMILES string of the molecule is CCNC(=O)CNC(=O)NC1(C(=O)O)CCCCCC1. The zero-order valence-corrected chi connectivity index (χ0v) is 11.8. The third-order valence-corrected chi connectivity index (χ3v) is 3.50. The molecule has 1 rings (SSSR count). The highest BCUT2D eigenvalue weighted by Gasteiger charge is 2.40. The summed E-state index contributed by atoms with van der Waals surface area (Å²) in [5.74, 6) is -1.31. The zero-order valence-electron chi connectivity index (χ0n) is 11.8. The molecule has 3 amide bonds. The van der Waals surface area contributed by atoms with Crippen LogP contribution in [0.4, 0.5) is 4.79 Å². The van der Waals surface area contributed by atoms with Gasteiger partial charge in [-0.25, -0.2) is 9.59 Å². The van der Waals surface area contributed by atoms with Gasteiger partial charge in [0.25, 0.3) is 0 Å². The first-order valence-electron chi connectivity index (χ1n) is 7.06. The molecule has 0 radical (unpaired) electrons. The molecule has 0 unspecified atom stereocenters. The van der Waals surface area contributed by atoms with E-state index < -0.39 is 17.5 Å². The van der Waals surface area contributed by atoms with Gasteiger partial charge in [0, 0.05) is 6.54 Å². The highest BCUT2D eigenvalue weighted by Crippen LogP contribution is 2.27. The molecule has 0 atom stereocenters. The van der Waals surface area contributed by atoms with Crippen molar-refractivity contribution in [2.75, 3.05) is 13.1 Å². The lowest BCUT2D eigenvalue weighted by molar-refractivity contribution is -0.145. The second kappa shape index (κ2) is 7.72. The van der Waals surface area contributed by atoms with Crippen molar-refractivity contribution in [1.29, 1.82) is 0 Å². The molecule has 7 nitrogen and oxygen atoms in total. The Hall–Kier alpha value is -1.79. The first-order chi connectivity index (χ1) is 9.50. The summed E-state index contributed by atoms with van der Waals surface area (Å²) < 4.78 is 0. The maximum atomic E-state index is 11.8. The molecule has 0 spiro atoms. The molecule has 1 aliphatic rings. The minimum absolute atomic E-state index is 0.157. The maximum Gasteiger partial charge on any atom is 0.329 e. The van der Waals surface area contributed by atoms with Gasteiger partial charge in [-0.05, 0) is 19.8 Å². The largest absolute Gasteiger partial charge is 0.480 e. The molecule has 0 aromatic rings. The third kappa shape index (κ3) is 4.71. The predicted octanol–water partition coefficient (Wildman–Crippen LogP) is 0.599. The summed E-state index contributed by atoms with van der Waals surface area (Å²) >= 11 is 0. The summed E-state index contributed by atoms with van der Waals surface area (Å²) in [6, 6.07) is -0.611. The van der Waals surface area contributed by atoms with Crippen molar-refractivity contribution in [2.45, 2.75) is 51.0 Å². The van der Waals surface area contributed by atoms with Crippen LogP contribution in [0.15, 0.2) is 0 Å². The molecule has 7 heteroatoms. The van der Waals surface area contributed by atoms with Gasteiger partial charge in [-0.15, -0.1) is 0 Å². The van der Waals surface area contributed by atoms with E-state index in [0.717, 1.165) is 25.7 Å². The number of urea groups is 1. The molecule has 1 aliphatic carbocycles. The Kier molecular flexibility index (Phi) is 6.27. The number of nitrogens with one attached hydrogen (secondary N) is 3. The van der Waals surface area contributed by atoms with Crippen molar-refractivity contribution in [3.63, 3.8) is 0 Å². The number of carboxylic acids is 1. The third-order valence-electron chi connectivity index (χ3n) is 3.50. The lowest BCUT2D eigenvalue weighted by atomic mass is 9.90. The van der Waals surface area contributed by atoms with Crippen LogP contribution < -0.4 is 16.0 Å². The fourth-order valence-corrected chi connectivity index (χ4v) is 2.41. The van der Waals surface area contributed by atoms with E-state index in [0.29, 0.717) is 19.4 Å². The first kappa shape index (κ1) is 16.3.